The van der Waals surface area contributed by atoms with E-state index in [1.54, 1.807) is 6.07 Å². The van der Waals surface area contributed by atoms with Gasteiger partial charge in [0.05, 0.1) is 17.6 Å². The summed E-state index contributed by atoms with van der Waals surface area (Å²) in [5, 5.41) is 17.2. The first-order valence-corrected chi connectivity index (χ1v) is 9.50. The van der Waals surface area contributed by atoms with Gasteiger partial charge in [0.2, 0.25) is 0 Å². The van der Waals surface area contributed by atoms with E-state index in [4.69, 9.17) is 5.41 Å². The Hall–Kier alpha value is -3.19. The molecule has 7 nitrogen and oxygen atoms in total. The maximum absolute atomic E-state index is 13.3. The van der Waals surface area contributed by atoms with Gasteiger partial charge in [-0.25, -0.2) is 18.7 Å². The second-order valence-corrected chi connectivity index (χ2v) is 7.22. The summed E-state index contributed by atoms with van der Waals surface area (Å²) >= 11 is 0. The summed E-state index contributed by atoms with van der Waals surface area (Å²) in [7, 11) is 1.40. The van der Waals surface area contributed by atoms with Crippen molar-refractivity contribution in [2.45, 2.75) is 19.3 Å². The van der Waals surface area contributed by atoms with Crippen molar-refractivity contribution in [1.29, 1.82) is 10.7 Å². The van der Waals surface area contributed by atoms with Gasteiger partial charge < -0.3 is 9.88 Å². The van der Waals surface area contributed by atoms with E-state index in [1.165, 1.54) is 19.3 Å². The Kier molecular flexibility index (Phi) is 6.84. The molecule has 30 heavy (non-hydrogen) atoms. The fourth-order valence-electron chi connectivity index (χ4n) is 3.48. The van der Waals surface area contributed by atoms with Gasteiger partial charge in [0.1, 0.15) is 23.4 Å². The Labute approximate surface area is 172 Å². The second kappa shape index (κ2) is 9.54. The van der Waals surface area contributed by atoms with Gasteiger partial charge in [-0.05, 0) is 43.0 Å². The molecule has 158 valence electrons. The van der Waals surface area contributed by atoms with Crippen LogP contribution in [0.25, 0.3) is 17.3 Å². The van der Waals surface area contributed by atoms with Crippen LogP contribution in [0.3, 0.4) is 0 Å². The van der Waals surface area contributed by atoms with E-state index in [0.29, 0.717) is 41.1 Å². The summed E-state index contributed by atoms with van der Waals surface area (Å²) in [5.74, 6) is 1.11. The number of rotatable bonds is 7. The molecule has 1 unspecified atom stereocenters. The van der Waals surface area contributed by atoms with E-state index < -0.39 is 12.1 Å². The number of nitrogens with zero attached hydrogens (tertiary/aromatic N) is 5. The Morgan fingerprint density at radius 2 is 2.30 bits per heavy atom. The Balaban J connectivity index is 1.83. The Morgan fingerprint density at radius 3 is 3.00 bits per heavy atom. The number of pyridine rings is 1. The minimum absolute atomic E-state index is 0.166. The molecule has 1 aliphatic heterocycles. The van der Waals surface area contributed by atoms with Crippen molar-refractivity contribution in [2.24, 2.45) is 5.92 Å². The van der Waals surface area contributed by atoms with Crippen LogP contribution in [0, 0.1) is 22.7 Å². The van der Waals surface area contributed by atoms with E-state index in [9.17, 15) is 18.5 Å². The molecule has 0 amide bonds. The minimum atomic E-state index is -2.85. The molecule has 0 saturated carbocycles. The maximum Gasteiger partial charge on any atom is 0.279 e. The lowest BCUT2D eigenvalue weighted by Crippen LogP contribution is -2.39. The number of hydrogen-bond donors (Lipinski definition) is 2. The van der Waals surface area contributed by atoms with E-state index >= 15 is 0 Å². The number of piperidine rings is 1. The van der Waals surface area contributed by atoms with Crippen molar-refractivity contribution in [3.05, 3.63) is 35.9 Å². The average Bonchev–Trinajstić information content (AvgIpc) is 3.20. The van der Waals surface area contributed by atoms with Crippen LogP contribution in [0.1, 0.15) is 24.4 Å². The van der Waals surface area contributed by atoms with Crippen LogP contribution in [-0.4, -0.2) is 58.9 Å². The molecule has 2 aromatic heterocycles. The number of alkyl halides is 2. The van der Waals surface area contributed by atoms with E-state index in [2.05, 4.69) is 21.0 Å². The number of aromatic amines is 1. The third-order valence-corrected chi connectivity index (χ3v) is 4.84. The highest BCUT2D eigenvalue weighted by molar-refractivity contribution is 5.97. The zero-order chi connectivity index (χ0) is 21.7. The SMILES string of the molecule is CN(F)CC1CCCN(c2cc(-c3cnc(/C=C\C(=N)C(F)F)[nH]3)cc(C#N)n2)C1. The standard InChI is InChI=1S/C20H22F3N7/c1-29(23)11-13-3-2-6-30(12-13)19-8-14(7-15(9-24)27-19)17-10-26-18(28-17)5-4-16(25)20(21)22/h4-5,7-8,10,13,20,25H,2-3,6,11-12H2,1H3,(H,26,28)/b5-4-,25-16?. The van der Waals surface area contributed by atoms with Crippen LogP contribution >= 0.6 is 0 Å². The van der Waals surface area contributed by atoms with Crippen LogP contribution in [0.5, 0.6) is 0 Å². The molecule has 0 aliphatic carbocycles. The molecule has 1 atom stereocenters. The van der Waals surface area contributed by atoms with E-state index in [1.807, 2.05) is 11.0 Å². The van der Waals surface area contributed by atoms with Crippen molar-refractivity contribution in [1.82, 2.24) is 20.1 Å². The van der Waals surface area contributed by atoms with Crippen LogP contribution < -0.4 is 4.90 Å². The molecule has 3 heterocycles. The van der Waals surface area contributed by atoms with Gasteiger partial charge in [-0.3, -0.25) is 5.41 Å². The van der Waals surface area contributed by atoms with Crippen molar-refractivity contribution in [2.75, 3.05) is 31.6 Å². The number of hydrogen-bond acceptors (Lipinski definition) is 6. The van der Waals surface area contributed by atoms with Crippen LogP contribution in [-0.2, 0) is 0 Å². The lowest BCUT2D eigenvalue weighted by molar-refractivity contribution is 0.0382. The molecule has 10 heteroatoms. The molecule has 0 radical (unpaired) electrons. The van der Waals surface area contributed by atoms with Gasteiger partial charge in [-0.1, -0.05) is 0 Å². The molecular weight excluding hydrogens is 395 g/mol. The summed E-state index contributed by atoms with van der Waals surface area (Å²) in [6.45, 7) is 1.74. The molecule has 1 saturated heterocycles. The summed E-state index contributed by atoms with van der Waals surface area (Å²) in [4.78, 5) is 13.5. The van der Waals surface area contributed by atoms with Crippen LogP contribution in [0.4, 0.5) is 19.1 Å². The predicted octanol–water partition coefficient (Wildman–Crippen LogP) is 3.67. The molecule has 2 N–H and O–H groups in total. The third-order valence-electron chi connectivity index (χ3n) is 4.84. The number of anilines is 1. The van der Waals surface area contributed by atoms with E-state index in [-0.39, 0.29) is 11.6 Å². The smallest absolute Gasteiger partial charge is 0.279 e. The van der Waals surface area contributed by atoms with Crippen LogP contribution in [0.15, 0.2) is 24.4 Å². The number of halogens is 3. The lowest BCUT2D eigenvalue weighted by atomic mass is 9.98. The van der Waals surface area contributed by atoms with Crippen molar-refractivity contribution in [3.63, 3.8) is 0 Å². The fraction of sp³-hybridized carbons (Fsp3) is 0.400. The first-order chi connectivity index (χ1) is 14.4. The summed E-state index contributed by atoms with van der Waals surface area (Å²) in [5.41, 5.74) is 0.704. The quantitative estimate of drug-likeness (QED) is 0.529. The molecule has 0 spiro atoms. The first kappa shape index (κ1) is 21.5. The Morgan fingerprint density at radius 1 is 1.50 bits per heavy atom. The molecule has 0 aromatic carbocycles. The topological polar surface area (TPSA) is 95.7 Å². The monoisotopic (exact) mass is 417 g/mol. The molecule has 0 bridgehead atoms. The number of imidazole rings is 1. The number of allylic oxidation sites excluding steroid dienone is 1. The molecule has 1 fully saturated rings. The Bertz CT molecular complexity index is 962. The molecule has 2 aromatic rings. The van der Waals surface area contributed by atoms with Crippen LogP contribution in [0.2, 0.25) is 0 Å². The number of aromatic nitrogens is 3. The number of H-pyrrole nitrogens is 1. The average molecular weight is 417 g/mol. The molecular formula is C20H22F3N7. The summed E-state index contributed by atoms with van der Waals surface area (Å²) in [6, 6.07) is 5.49. The zero-order valence-corrected chi connectivity index (χ0v) is 16.4. The highest BCUT2D eigenvalue weighted by Gasteiger charge is 2.23. The third kappa shape index (κ3) is 5.45. The predicted molar refractivity (Wildman–Crippen MR) is 108 cm³/mol. The second-order valence-electron chi connectivity index (χ2n) is 7.22. The lowest BCUT2D eigenvalue weighted by Gasteiger charge is -2.34. The van der Waals surface area contributed by atoms with Gasteiger partial charge in [-0.15, -0.1) is 9.60 Å². The summed E-state index contributed by atoms with van der Waals surface area (Å²) in [6.07, 6.45) is 2.81. The highest BCUT2D eigenvalue weighted by atomic mass is 19.3. The molecule has 3 rings (SSSR count). The van der Waals surface area contributed by atoms with E-state index in [0.717, 1.165) is 25.5 Å². The maximum atomic E-state index is 13.3. The fourth-order valence-corrected chi connectivity index (χ4v) is 3.48. The molecule has 1 aliphatic rings. The van der Waals surface area contributed by atoms with Gasteiger partial charge in [0.15, 0.2) is 0 Å². The normalized spacial score (nSPS) is 17.1. The highest BCUT2D eigenvalue weighted by Crippen LogP contribution is 2.27. The number of nitriles is 1. The van der Waals surface area contributed by atoms with Crippen molar-refractivity contribution < 1.29 is 13.3 Å². The number of nitrogens with one attached hydrogen (secondary N) is 2. The van der Waals surface area contributed by atoms with Gasteiger partial charge in [0, 0.05) is 32.2 Å². The van der Waals surface area contributed by atoms with Gasteiger partial charge >= 0.3 is 0 Å². The minimum Gasteiger partial charge on any atom is -0.356 e. The first-order valence-electron chi connectivity index (χ1n) is 9.50. The van der Waals surface area contributed by atoms with Crippen molar-refractivity contribution in [3.8, 4) is 17.3 Å². The van der Waals surface area contributed by atoms with Gasteiger partial charge in [-0.2, -0.15) is 5.26 Å². The van der Waals surface area contributed by atoms with Gasteiger partial charge in [0.25, 0.3) is 6.43 Å². The van der Waals surface area contributed by atoms with Crippen molar-refractivity contribution >= 4 is 17.6 Å². The zero-order valence-electron chi connectivity index (χ0n) is 16.4. The largest absolute Gasteiger partial charge is 0.356 e. The summed E-state index contributed by atoms with van der Waals surface area (Å²) < 4.78 is 38.1.